The standard InChI is InChI=1S/C16H13FN2O2/c1-20-11-8-6-10(7-9-11)15-14(16(18)19-21-15)12-4-2-3-5-13(12)17/h2-9H,1H3,(H2,18,19). The molecule has 0 saturated carbocycles. The minimum absolute atomic E-state index is 0.158. The summed E-state index contributed by atoms with van der Waals surface area (Å²) in [5, 5.41) is 3.76. The zero-order valence-corrected chi connectivity index (χ0v) is 11.3. The maximum atomic E-state index is 14.0. The number of halogens is 1. The normalized spacial score (nSPS) is 10.6. The maximum Gasteiger partial charge on any atom is 0.177 e. The first kappa shape index (κ1) is 13.2. The number of nitrogens with zero attached hydrogens (tertiary/aromatic N) is 1. The molecule has 0 spiro atoms. The van der Waals surface area contributed by atoms with Crippen molar-refractivity contribution >= 4 is 5.82 Å². The summed E-state index contributed by atoms with van der Waals surface area (Å²) in [4.78, 5) is 0. The van der Waals surface area contributed by atoms with E-state index < -0.39 is 0 Å². The van der Waals surface area contributed by atoms with Gasteiger partial charge in [-0.1, -0.05) is 23.4 Å². The van der Waals surface area contributed by atoms with Gasteiger partial charge in [-0.2, -0.15) is 0 Å². The van der Waals surface area contributed by atoms with Gasteiger partial charge >= 0.3 is 0 Å². The van der Waals surface area contributed by atoms with Crippen LogP contribution in [-0.4, -0.2) is 12.3 Å². The molecular weight excluding hydrogens is 271 g/mol. The topological polar surface area (TPSA) is 61.3 Å². The zero-order valence-electron chi connectivity index (χ0n) is 11.3. The third-order valence-electron chi connectivity index (χ3n) is 3.21. The molecule has 4 nitrogen and oxygen atoms in total. The summed E-state index contributed by atoms with van der Waals surface area (Å²) in [6.07, 6.45) is 0. The minimum atomic E-state index is -0.373. The number of aromatic nitrogens is 1. The van der Waals surface area contributed by atoms with Gasteiger partial charge in [-0.3, -0.25) is 0 Å². The van der Waals surface area contributed by atoms with Crippen molar-refractivity contribution < 1.29 is 13.7 Å². The predicted molar refractivity (Wildman–Crippen MR) is 78.3 cm³/mol. The molecule has 1 aromatic heterocycles. The Hall–Kier alpha value is -2.82. The first-order chi connectivity index (χ1) is 10.2. The van der Waals surface area contributed by atoms with E-state index >= 15 is 0 Å². The monoisotopic (exact) mass is 284 g/mol. The van der Waals surface area contributed by atoms with Gasteiger partial charge in [-0.15, -0.1) is 0 Å². The number of hydrogen-bond donors (Lipinski definition) is 1. The van der Waals surface area contributed by atoms with E-state index in [2.05, 4.69) is 5.16 Å². The zero-order chi connectivity index (χ0) is 14.8. The number of nitrogens with two attached hydrogens (primary N) is 1. The van der Waals surface area contributed by atoms with E-state index in [-0.39, 0.29) is 11.6 Å². The molecule has 3 rings (SSSR count). The SMILES string of the molecule is COc1ccc(-c2onc(N)c2-c2ccccc2F)cc1. The largest absolute Gasteiger partial charge is 0.497 e. The Morgan fingerprint density at radius 2 is 1.81 bits per heavy atom. The Kier molecular flexibility index (Phi) is 3.31. The van der Waals surface area contributed by atoms with Gasteiger partial charge < -0.3 is 15.0 Å². The number of benzene rings is 2. The number of nitrogen functional groups attached to an aromatic ring is 1. The van der Waals surface area contributed by atoms with E-state index in [1.807, 2.05) is 12.1 Å². The van der Waals surface area contributed by atoms with Gasteiger partial charge in [0, 0.05) is 11.1 Å². The molecule has 0 aliphatic heterocycles. The van der Waals surface area contributed by atoms with Crippen LogP contribution in [0.2, 0.25) is 0 Å². The molecule has 0 saturated heterocycles. The van der Waals surface area contributed by atoms with Crippen LogP contribution >= 0.6 is 0 Å². The number of anilines is 1. The van der Waals surface area contributed by atoms with Gasteiger partial charge in [0.15, 0.2) is 11.6 Å². The van der Waals surface area contributed by atoms with Gasteiger partial charge in [0.25, 0.3) is 0 Å². The van der Waals surface area contributed by atoms with Crippen molar-refractivity contribution in [2.45, 2.75) is 0 Å². The smallest absolute Gasteiger partial charge is 0.177 e. The Morgan fingerprint density at radius 3 is 2.48 bits per heavy atom. The molecule has 2 N–H and O–H groups in total. The summed E-state index contributed by atoms with van der Waals surface area (Å²) in [5.41, 5.74) is 7.41. The summed E-state index contributed by atoms with van der Waals surface area (Å²) in [5.74, 6) is 0.937. The fourth-order valence-corrected chi connectivity index (χ4v) is 2.17. The summed E-state index contributed by atoms with van der Waals surface area (Å²) in [6.45, 7) is 0. The molecule has 0 aliphatic rings. The summed E-state index contributed by atoms with van der Waals surface area (Å²) in [6, 6.07) is 13.6. The van der Waals surface area contributed by atoms with Crippen LogP contribution in [0.1, 0.15) is 0 Å². The van der Waals surface area contributed by atoms with Crippen LogP contribution in [0.25, 0.3) is 22.5 Å². The first-order valence-electron chi connectivity index (χ1n) is 6.35. The Balaban J connectivity index is 2.15. The molecule has 0 radical (unpaired) electrons. The van der Waals surface area contributed by atoms with Crippen LogP contribution < -0.4 is 10.5 Å². The van der Waals surface area contributed by atoms with E-state index in [0.717, 1.165) is 11.3 Å². The molecule has 0 atom stereocenters. The van der Waals surface area contributed by atoms with Crippen molar-refractivity contribution in [1.82, 2.24) is 5.16 Å². The van der Waals surface area contributed by atoms with Crippen molar-refractivity contribution in [2.75, 3.05) is 12.8 Å². The number of ether oxygens (including phenoxy) is 1. The van der Waals surface area contributed by atoms with Crippen LogP contribution in [0, 0.1) is 5.82 Å². The molecule has 2 aromatic carbocycles. The Bertz CT molecular complexity index is 766. The summed E-state index contributed by atoms with van der Waals surface area (Å²) in [7, 11) is 1.59. The third kappa shape index (κ3) is 2.33. The highest BCUT2D eigenvalue weighted by molar-refractivity contribution is 5.86. The van der Waals surface area contributed by atoms with Gasteiger partial charge in [0.2, 0.25) is 0 Å². The third-order valence-corrected chi connectivity index (χ3v) is 3.21. The predicted octanol–water partition coefficient (Wildman–Crippen LogP) is 3.74. The van der Waals surface area contributed by atoms with Crippen molar-refractivity contribution in [3.8, 4) is 28.2 Å². The van der Waals surface area contributed by atoms with E-state index in [1.165, 1.54) is 6.07 Å². The molecule has 0 fully saturated rings. The summed E-state index contributed by atoms with van der Waals surface area (Å²) >= 11 is 0. The number of rotatable bonds is 3. The van der Waals surface area contributed by atoms with Crippen LogP contribution in [0.3, 0.4) is 0 Å². The second-order valence-corrected chi connectivity index (χ2v) is 4.48. The minimum Gasteiger partial charge on any atom is -0.497 e. The fraction of sp³-hybridized carbons (Fsp3) is 0.0625. The molecule has 1 heterocycles. The van der Waals surface area contributed by atoms with Crippen molar-refractivity contribution in [1.29, 1.82) is 0 Å². The molecular formula is C16H13FN2O2. The van der Waals surface area contributed by atoms with E-state index in [0.29, 0.717) is 16.9 Å². The van der Waals surface area contributed by atoms with E-state index in [4.69, 9.17) is 15.0 Å². The maximum absolute atomic E-state index is 14.0. The fourth-order valence-electron chi connectivity index (χ4n) is 2.17. The molecule has 3 aromatic rings. The lowest BCUT2D eigenvalue weighted by Crippen LogP contribution is -1.91. The lowest BCUT2D eigenvalue weighted by Gasteiger charge is -2.05. The van der Waals surface area contributed by atoms with E-state index in [9.17, 15) is 4.39 Å². The summed E-state index contributed by atoms with van der Waals surface area (Å²) < 4.78 is 24.4. The number of methoxy groups -OCH3 is 1. The van der Waals surface area contributed by atoms with Crippen molar-refractivity contribution in [3.63, 3.8) is 0 Å². The van der Waals surface area contributed by atoms with Crippen LogP contribution in [0.5, 0.6) is 5.75 Å². The molecule has 0 amide bonds. The molecule has 0 aliphatic carbocycles. The highest BCUT2D eigenvalue weighted by atomic mass is 19.1. The van der Waals surface area contributed by atoms with Crippen LogP contribution in [0.15, 0.2) is 53.1 Å². The number of hydrogen-bond acceptors (Lipinski definition) is 4. The van der Waals surface area contributed by atoms with Gasteiger partial charge in [0.1, 0.15) is 11.6 Å². The molecule has 0 bridgehead atoms. The Morgan fingerprint density at radius 1 is 1.10 bits per heavy atom. The first-order valence-corrected chi connectivity index (χ1v) is 6.35. The van der Waals surface area contributed by atoms with Gasteiger partial charge in [0.05, 0.1) is 12.7 Å². The van der Waals surface area contributed by atoms with Gasteiger partial charge in [-0.05, 0) is 30.3 Å². The average Bonchev–Trinajstić information content (AvgIpc) is 2.89. The van der Waals surface area contributed by atoms with Crippen LogP contribution in [-0.2, 0) is 0 Å². The highest BCUT2D eigenvalue weighted by Crippen LogP contribution is 2.38. The van der Waals surface area contributed by atoms with E-state index in [1.54, 1.807) is 37.4 Å². The second kappa shape index (κ2) is 5.28. The molecule has 5 heteroatoms. The molecule has 106 valence electrons. The quantitative estimate of drug-likeness (QED) is 0.796. The van der Waals surface area contributed by atoms with Crippen LogP contribution in [0.4, 0.5) is 10.2 Å². The Labute approximate surface area is 120 Å². The highest BCUT2D eigenvalue weighted by Gasteiger charge is 2.20. The second-order valence-electron chi connectivity index (χ2n) is 4.48. The van der Waals surface area contributed by atoms with Gasteiger partial charge in [-0.25, -0.2) is 4.39 Å². The lowest BCUT2D eigenvalue weighted by molar-refractivity contribution is 0.414. The van der Waals surface area contributed by atoms with Crippen molar-refractivity contribution in [3.05, 3.63) is 54.3 Å². The molecule has 0 unspecified atom stereocenters. The van der Waals surface area contributed by atoms with Crippen molar-refractivity contribution in [2.24, 2.45) is 0 Å². The lowest BCUT2D eigenvalue weighted by atomic mass is 10.0. The molecule has 21 heavy (non-hydrogen) atoms. The average molecular weight is 284 g/mol.